The minimum atomic E-state index is -0.345. The molecule has 92 valence electrons. The quantitative estimate of drug-likeness (QED) is 0.686. The molecule has 0 fully saturated rings. The lowest BCUT2D eigenvalue weighted by molar-refractivity contribution is -0.118. The van der Waals surface area contributed by atoms with Gasteiger partial charge in [0.25, 0.3) is 5.91 Å². The van der Waals surface area contributed by atoms with Gasteiger partial charge in [0, 0.05) is 17.5 Å². The normalized spacial score (nSPS) is 24.6. The van der Waals surface area contributed by atoms with Crippen LogP contribution in [0.2, 0.25) is 0 Å². The lowest BCUT2D eigenvalue weighted by Gasteiger charge is -2.07. The van der Waals surface area contributed by atoms with Gasteiger partial charge < -0.3 is 16.0 Å². The van der Waals surface area contributed by atoms with Crippen molar-refractivity contribution < 1.29 is 9.59 Å². The molecule has 2 aliphatic heterocycles. The van der Waals surface area contributed by atoms with Crippen LogP contribution in [0, 0.1) is 0 Å². The van der Waals surface area contributed by atoms with Gasteiger partial charge in [-0.25, -0.2) is 0 Å². The van der Waals surface area contributed by atoms with Crippen molar-refractivity contribution in [1.82, 2.24) is 10.3 Å². The number of carbonyl (C=O) groups excluding carboxylic acids is 2. The first-order valence-electron chi connectivity index (χ1n) is 5.51. The first-order valence-corrected chi connectivity index (χ1v) is 6.39. The van der Waals surface area contributed by atoms with Crippen LogP contribution in [0.5, 0.6) is 0 Å². The van der Waals surface area contributed by atoms with Gasteiger partial charge in [-0.05, 0) is 30.2 Å². The third-order valence-electron chi connectivity index (χ3n) is 2.96. The zero-order valence-corrected chi connectivity index (χ0v) is 10.2. The number of hydrogen-bond donors (Lipinski definition) is 3. The summed E-state index contributed by atoms with van der Waals surface area (Å²) in [6, 6.07) is 3.75. The first kappa shape index (κ1) is 11.2. The van der Waals surface area contributed by atoms with Crippen LogP contribution < -0.4 is 11.1 Å². The van der Waals surface area contributed by atoms with Gasteiger partial charge in [-0.1, -0.05) is 11.8 Å². The van der Waals surface area contributed by atoms with Crippen molar-refractivity contribution in [2.75, 3.05) is 0 Å². The second kappa shape index (κ2) is 4.06. The Bertz CT molecular complexity index is 586. The monoisotopic (exact) mass is 261 g/mol. The number of carbonyl (C=O) groups is 2. The Labute approximate surface area is 108 Å². The van der Waals surface area contributed by atoms with Gasteiger partial charge in [0.2, 0.25) is 5.91 Å². The third kappa shape index (κ3) is 1.74. The standard InChI is InChI=1S/C12H11N3O2S/c13-10(16)9-5-8-7(4-6-2-1-3-14-6)11(17)15-12(8)18-9/h1-4,9,14H,5H2,(H2,13,16)(H,15,17). The van der Waals surface area contributed by atoms with Crippen molar-refractivity contribution in [3.8, 4) is 0 Å². The molecule has 0 radical (unpaired) electrons. The van der Waals surface area contributed by atoms with E-state index in [0.29, 0.717) is 12.0 Å². The average Bonchev–Trinajstić information content (AvgIpc) is 2.98. The summed E-state index contributed by atoms with van der Waals surface area (Å²) < 4.78 is 0. The molecule has 2 aliphatic rings. The third-order valence-corrected chi connectivity index (χ3v) is 4.23. The van der Waals surface area contributed by atoms with Crippen molar-refractivity contribution in [3.05, 3.63) is 40.2 Å². The zero-order chi connectivity index (χ0) is 12.7. The summed E-state index contributed by atoms with van der Waals surface area (Å²) in [5.41, 5.74) is 7.66. The van der Waals surface area contributed by atoms with E-state index in [4.69, 9.17) is 5.73 Å². The van der Waals surface area contributed by atoms with Gasteiger partial charge in [0.15, 0.2) is 0 Å². The largest absolute Gasteiger partial charge is 0.369 e. The summed E-state index contributed by atoms with van der Waals surface area (Å²) in [4.78, 5) is 26.0. The molecule has 0 spiro atoms. The van der Waals surface area contributed by atoms with E-state index >= 15 is 0 Å². The molecule has 0 aliphatic carbocycles. The number of rotatable bonds is 2. The lowest BCUT2D eigenvalue weighted by atomic mass is 10.0. The predicted molar refractivity (Wildman–Crippen MR) is 69.1 cm³/mol. The van der Waals surface area contributed by atoms with E-state index in [1.807, 2.05) is 12.1 Å². The van der Waals surface area contributed by atoms with Gasteiger partial charge in [-0.15, -0.1) is 0 Å². The highest BCUT2D eigenvalue weighted by atomic mass is 32.2. The zero-order valence-electron chi connectivity index (χ0n) is 9.40. The maximum Gasteiger partial charge on any atom is 0.256 e. The summed E-state index contributed by atoms with van der Waals surface area (Å²) in [6.45, 7) is 0. The van der Waals surface area contributed by atoms with Crippen LogP contribution in [0.4, 0.5) is 0 Å². The molecule has 1 atom stereocenters. The van der Waals surface area contributed by atoms with Gasteiger partial charge in [0.05, 0.1) is 10.3 Å². The van der Waals surface area contributed by atoms with Gasteiger partial charge >= 0.3 is 0 Å². The number of hydrogen-bond acceptors (Lipinski definition) is 3. The number of nitrogens with one attached hydrogen (secondary N) is 2. The Morgan fingerprint density at radius 1 is 1.56 bits per heavy atom. The smallest absolute Gasteiger partial charge is 0.256 e. The molecule has 3 heterocycles. The fraction of sp³-hybridized carbons (Fsp3) is 0.167. The number of aromatic nitrogens is 1. The number of aromatic amines is 1. The van der Waals surface area contributed by atoms with E-state index in [9.17, 15) is 9.59 Å². The van der Waals surface area contributed by atoms with E-state index in [1.165, 1.54) is 11.8 Å². The van der Waals surface area contributed by atoms with Crippen LogP contribution >= 0.6 is 11.8 Å². The van der Waals surface area contributed by atoms with Gasteiger partial charge in [-0.2, -0.15) is 0 Å². The molecule has 5 nitrogen and oxygen atoms in total. The SMILES string of the molecule is NC(=O)C1CC2=C(NC(=O)C2=Cc2ccc[nH]2)S1. The van der Waals surface area contributed by atoms with Crippen molar-refractivity contribution in [2.24, 2.45) is 5.73 Å². The molecule has 18 heavy (non-hydrogen) atoms. The summed E-state index contributed by atoms with van der Waals surface area (Å²) in [5, 5.41) is 3.27. The second-order valence-electron chi connectivity index (χ2n) is 4.16. The van der Waals surface area contributed by atoms with E-state index in [-0.39, 0.29) is 17.1 Å². The Morgan fingerprint density at radius 2 is 2.39 bits per heavy atom. The highest BCUT2D eigenvalue weighted by Crippen LogP contribution is 2.43. The number of amides is 2. The maximum atomic E-state index is 11.8. The number of H-pyrrole nitrogens is 1. The van der Waals surface area contributed by atoms with Crippen molar-refractivity contribution >= 4 is 29.7 Å². The Morgan fingerprint density at radius 3 is 3.06 bits per heavy atom. The number of primary amides is 1. The maximum absolute atomic E-state index is 11.8. The van der Waals surface area contributed by atoms with E-state index < -0.39 is 0 Å². The fourth-order valence-corrected chi connectivity index (χ4v) is 3.22. The van der Waals surface area contributed by atoms with E-state index in [1.54, 1.807) is 12.3 Å². The molecule has 3 rings (SSSR count). The summed E-state index contributed by atoms with van der Waals surface area (Å²) in [7, 11) is 0. The van der Waals surface area contributed by atoms with E-state index in [0.717, 1.165) is 16.3 Å². The van der Waals surface area contributed by atoms with Crippen LogP contribution in [0.1, 0.15) is 12.1 Å². The van der Waals surface area contributed by atoms with E-state index in [2.05, 4.69) is 10.3 Å². The van der Waals surface area contributed by atoms with Gasteiger partial charge in [-0.3, -0.25) is 9.59 Å². The Balaban J connectivity index is 1.92. The molecule has 1 aromatic heterocycles. The first-order chi connectivity index (χ1) is 8.65. The molecule has 0 aromatic carbocycles. The average molecular weight is 261 g/mol. The minimum absolute atomic E-state index is 0.120. The summed E-state index contributed by atoms with van der Waals surface area (Å²) >= 11 is 1.33. The summed E-state index contributed by atoms with van der Waals surface area (Å²) in [6.07, 6.45) is 4.10. The molecule has 1 aromatic rings. The number of nitrogens with two attached hydrogens (primary N) is 1. The second-order valence-corrected chi connectivity index (χ2v) is 5.37. The molecule has 1 unspecified atom stereocenters. The highest BCUT2D eigenvalue weighted by molar-refractivity contribution is 8.04. The lowest BCUT2D eigenvalue weighted by Crippen LogP contribution is -2.26. The Kier molecular flexibility index (Phi) is 2.52. The van der Waals surface area contributed by atoms with Gasteiger partial charge in [0.1, 0.15) is 0 Å². The highest BCUT2D eigenvalue weighted by Gasteiger charge is 2.38. The molecule has 4 N–H and O–H groups in total. The van der Waals surface area contributed by atoms with Crippen LogP contribution in [-0.4, -0.2) is 22.0 Å². The van der Waals surface area contributed by atoms with Crippen molar-refractivity contribution in [2.45, 2.75) is 11.7 Å². The number of thioether (sulfide) groups is 1. The molecular formula is C12H11N3O2S. The van der Waals surface area contributed by atoms with Crippen molar-refractivity contribution in [3.63, 3.8) is 0 Å². The van der Waals surface area contributed by atoms with Crippen LogP contribution in [0.3, 0.4) is 0 Å². The predicted octanol–water partition coefficient (Wildman–Crippen LogP) is 0.730. The van der Waals surface area contributed by atoms with Crippen LogP contribution in [0.15, 0.2) is 34.5 Å². The van der Waals surface area contributed by atoms with Crippen LogP contribution in [0.25, 0.3) is 6.08 Å². The topological polar surface area (TPSA) is 88.0 Å². The van der Waals surface area contributed by atoms with Crippen LogP contribution in [-0.2, 0) is 9.59 Å². The minimum Gasteiger partial charge on any atom is -0.369 e. The fourth-order valence-electron chi connectivity index (χ4n) is 2.08. The molecular weight excluding hydrogens is 250 g/mol. The molecule has 2 amide bonds. The Hall–Kier alpha value is -1.95. The van der Waals surface area contributed by atoms with Crippen molar-refractivity contribution in [1.29, 1.82) is 0 Å². The molecule has 0 bridgehead atoms. The molecule has 0 saturated heterocycles. The summed E-state index contributed by atoms with van der Waals surface area (Å²) in [5.74, 6) is -0.465. The molecule has 6 heteroatoms. The molecule has 0 saturated carbocycles.